The molecule has 0 aliphatic carbocycles. The predicted molar refractivity (Wildman–Crippen MR) is 75.4 cm³/mol. The molecule has 0 spiro atoms. The highest BCUT2D eigenvalue weighted by Crippen LogP contribution is 2.21. The van der Waals surface area contributed by atoms with Crippen molar-refractivity contribution in [3.05, 3.63) is 18.2 Å². The van der Waals surface area contributed by atoms with Crippen molar-refractivity contribution in [1.82, 2.24) is 19.4 Å². The van der Waals surface area contributed by atoms with E-state index in [1.54, 1.807) is 0 Å². The summed E-state index contributed by atoms with van der Waals surface area (Å²) in [6.07, 6.45) is 3.75. The van der Waals surface area contributed by atoms with E-state index >= 15 is 0 Å². The quantitative estimate of drug-likeness (QED) is 0.777. The molecule has 0 fully saturated rings. The van der Waals surface area contributed by atoms with Crippen molar-refractivity contribution in [2.75, 3.05) is 33.7 Å². The Morgan fingerprint density at radius 2 is 2.11 bits per heavy atom. The van der Waals surface area contributed by atoms with E-state index in [4.69, 9.17) is 5.73 Å². The number of aryl methyl sites for hydroxylation is 1. The number of hydrogen-bond acceptors (Lipinski definition) is 4. The molecule has 1 aromatic heterocycles. The van der Waals surface area contributed by atoms with Gasteiger partial charge in [-0.15, -0.1) is 0 Å². The molecule has 0 amide bonds. The zero-order chi connectivity index (χ0) is 13.7. The Balaban J connectivity index is 2.87. The first-order valence-corrected chi connectivity index (χ1v) is 6.58. The summed E-state index contributed by atoms with van der Waals surface area (Å²) in [4.78, 5) is 8.85. The number of aromatic nitrogens is 2. The lowest BCUT2D eigenvalue weighted by Gasteiger charge is -2.36. The lowest BCUT2D eigenvalue weighted by atomic mass is 10.1. The van der Waals surface area contributed by atoms with Crippen LogP contribution in [0.5, 0.6) is 0 Å². The maximum atomic E-state index is 5.98. The normalized spacial score (nSPS) is 15.3. The van der Waals surface area contributed by atoms with E-state index in [2.05, 4.69) is 47.3 Å². The van der Waals surface area contributed by atoms with Crippen molar-refractivity contribution < 1.29 is 0 Å². The van der Waals surface area contributed by atoms with Gasteiger partial charge in [0.05, 0.1) is 18.1 Å². The second kappa shape index (κ2) is 6.87. The second-order valence-corrected chi connectivity index (χ2v) is 5.12. The van der Waals surface area contributed by atoms with Crippen molar-refractivity contribution in [2.24, 2.45) is 12.8 Å². The molecular weight excluding hydrogens is 226 g/mol. The Kier molecular flexibility index (Phi) is 5.78. The van der Waals surface area contributed by atoms with Gasteiger partial charge in [0.2, 0.25) is 0 Å². The third kappa shape index (κ3) is 3.54. The van der Waals surface area contributed by atoms with Gasteiger partial charge in [0.15, 0.2) is 0 Å². The van der Waals surface area contributed by atoms with Crippen LogP contribution in [-0.4, -0.2) is 59.1 Å². The number of nitrogens with zero attached hydrogens (tertiary/aromatic N) is 4. The standard InChI is InChI=1S/C13H27N5/c1-6-18(11(2)9-16(3)4)12(7-14)13-8-15-10-17(13)5/h8,10-12H,6-7,9,14H2,1-5H3. The second-order valence-electron chi connectivity index (χ2n) is 5.12. The minimum absolute atomic E-state index is 0.234. The smallest absolute Gasteiger partial charge is 0.0946 e. The molecule has 1 heterocycles. The lowest BCUT2D eigenvalue weighted by Crippen LogP contribution is -2.45. The van der Waals surface area contributed by atoms with E-state index in [1.165, 1.54) is 5.69 Å². The number of nitrogens with two attached hydrogens (primary N) is 1. The molecule has 0 radical (unpaired) electrons. The van der Waals surface area contributed by atoms with Gasteiger partial charge in [-0.25, -0.2) is 4.98 Å². The van der Waals surface area contributed by atoms with Gasteiger partial charge in [-0.1, -0.05) is 6.92 Å². The van der Waals surface area contributed by atoms with Crippen LogP contribution in [0.2, 0.25) is 0 Å². The summed E-state index contributed by atoms with van der Waals surface area (Å²) in [7, 11) is 6.23. The maximum Gasteiger partial charge on any atom is 0.0946 e. The summed E-state index contributed by atoms with van der Waals surface area (Å²) in [5.74, 6) is 0. The van der Waals surface area contributed by atoms with Crippen LogP contribution >= 0.6 is 0 Å². The summed E-state index contributed by atoms with van der Waals surface area (Å²) in [6, 6.07) is 0.700. The Hall–Kier alpha value is -0.910. The molecule has 0 aliphatic rings. The third-order valence-corrected chi connectivity index (χ3v) is 3.38. The van der Waals surface area contributed by atoms with Crippen LogP contribution in [0.1, 0.15) is 25.6 Å². The maximum absolute atomic E-state index is 5.98. The molecule has 0 saturated carbocycles. The van der Waals surface area contributed by atoms with Gasteiger partial charge in [0.1, 0.15) is 0 Å². The van der Waals surface area contributed by atoms with Gasteiger partial charge < -0.3 is 15.2 Å². The fourth-order valence-corrected chi connectivity index (χ4v) is 2.59. The fourth-order valence-electron chi connectivity index (χ4n) is 2.59. The molecule has 2 N–H and O–H groups in total. The number of imidazole rings is 1. The zero-order valence-electron chi connectivity index (χ0n) is 12.3. The van der Waals surface area contributed by atoms with Crippen LogP contribution in [0, 0.1) is 0 Å². The Bertz CT molecular complexity index is 347. The minimum Gasteiger partial charge on any atom is -0.336 e. The average molecular weight is 253 g/mol. The van der Waals surface area contributed by atoms with Gasteiger partial charge >= 0.3 is 0 Å². The summed E-state index contributed by atoms with van der Waals surface area (Å²) in [6.45, 7) is 7.07. The minimum atomic E-state index is 0.234. The molecule has 5 heteroatoms. The van der Waals surface area contributed by atoms with Crippen molar-refractivity contribution in [3.63, 3.8) is 0 Å². The molecule has 0 bridgehead atoms. The van der Waals surface area contributed by atoms with E-state index in [9.17, 15) is 0 Å². The first kappa shape index (κ1) is 15.1. The summed E-state index contributed by atoms with van der Waals surface area (Å²) >= 11 is 0. The molecule has 0 aromatic carbocycles. The van der Waals surface area contributed by atoms with Gasteiger partial charge in [-0.2, -0.15) is 0 Å². The first-order chi connectivity index (χ1) is 8.51. The van der Waals surface area contributed by atoms with Crippen LogP contribution in [0.25, 0.3) is 0 Å². The topological polar surface area (TPSA) is 50.3 Å². The number of rotatable bonds is 7. The Morgan fingerprint density at radius 3 is 2.50 bits per heavy atom. The highest BCUT2D eigenvalue weighted by molar-refractivity contribution is 5.06. The summed E-state index contributed by atoms with van der Waals surface area (Å²) < 4.78 is 2.06. The molecule has 0 aliphatic heterocycles. The molecule has 0 saturated heterocycles. The molecule has 104 valence electrons. The third-order valence-electron chi connectivity index (χ3n) is 3.38. The van der Waals surface area contributed by atoms with Gasteiger partial charge in [0.25, 0.3) is 0 Å². The summed E-state index contributed by atoms with van der Waals surface area (Å²) in [5.41, 5.74) is 7.17. The highest BCUT2D eigenvalue weighted by atomic mass is 15.2. The van der Waals surface area contributed by atoms with Gasteiger partial charge in [-0.05, 0) is 27.6 Å². The monoisotopic (exact) mass is 253 g/mol. The van der Waals surface area contributed by atoms with Gasteiger partial charge in [0, 0.05) is 32.4 Å². The predicted octanol–water partition coefficient (Wildman–Crippen LogP) is 0.692. The molecule has 2 unspecified atom stereocenters. The molecule has 18 heavy (non-hydrogen) atoms. The molecule has 5 nitrogen and oxygen atoms in total. The van der Waals surface area contributed by atoms with Crippen LogP contribution in [-0.2, 0) is 7.05 Å². The van der Waals surface area contributed by atoms with E-state index in [-0.39, 0.29) is 6.04 Å². The Labute approximate surface area is 111 Å². The van der Waals surface area contributed by atoms with Crippen molar-refractivity contribution in [3.8, 4) is 0 Å². The fraction of sp³-hybridized carbons (Fsp3) is 0.769. The van der Waals surface area contributed by atoms with Crippen LogP contribution in [0.15, 0.2) is 12.5 Å². The Morgan fingerprint density at radius 1 is 1.44 bits per heavy atom. The molecule has 1 aromatic rings. The zero-order valence-corrected chi connectivity index (χ0v) is 12.3. The van der Waals surface area contributed by atoms with Crippen LogP contribution in [0.3, 0.4) is 0 Å². The molecule has 2 atom stereocenters. The summed E-state index contributed by atoms with van der Waals surface area (Å²) in [5, 5.41) is 0. The number of hydrogen-bond donors (Lipinski definition) is 1. The first-order valence-electron chi connectivity index (χ1n) is 6.58. The van der Waals surface area contributed by atoms with E-state index in [0.29, 0.717) is 12.6 Å². The lowest BCUT2D eigenvalue weighted by molar-refractivity contribution is 0.127. The van der Waals surface area contributed by atoms with Crippen LogP contribution < -0.4 is 5.73 Å². The van der Waals surface area contributed by atoms with Crippen molar-refractivity contribution >= 4 is 0 Å². The van der Waals surface area contributed by atoms with Gasteiger partial charge in [-0.3, -0.25) is 4.90 Å². The molecule has 1 rings (SSSR count). The van der Waals surface area contributed by atoms with E-state index < -0.39 is 0 Å². The van der Waals surface area contributed by atoms with E-state index in [1.807, 2.05) is 19.6 Å². The van der Waals surface area contributed by atoms with Crippen molar-refractivity contribution in [2.45, 2.75) is 25.9 Å². The highest BCUT2D eigenvalue weighted by Gasteiger charge is 2.24. The van der Waals surface area contributed by atoms with E-state index in [0.717, 1.165) is 13.1 Å². The molecular formula is C13H27N5. The number of likely N-dealkylation sites (N-methyl/N-ethyl adjacent to an activating group) is 2. The SMILES string of the molecule is CCN(C(C)CN(C)C)C(CN)c1cncn1C. The van der Waals surface area contributed by atoms with Crippen LogP contribution in [0.4, 0.5) is 0 Å². The largest absolute Gasteiger partial charge is 0.336 e. The van der Waals surface area contributed by atoms with Crippen molar-refractivity contribution in [1.29, 1.82) is 0 Å². The average Bonchev–Trinajstić information content (AvgIpc) is 2.70.